The van der Waals surface area contributed by atoms with Crippen molar-refractivity contribution in [2.75, 3.05) is 12.3 Å². The van der Waals surface area contributed by atoms with E-state index < -0.39 is 11.3 Å². The van der Waals surface area contributed by atoms with Gasteiger partial charge in [0.15, 0.2) is 0 Å². The van der Waals surface area contributed by atoms with E-state index in [-0.39, 0.29) is 30.1 Å². The Morgan fingerprint density at radius 2 is 2.11 bits per heavy atom. The van der Waals surface area contributed by atoms with Crippen LogP contribution in [0.1, 0.15) is 25.1 Å². The summed E-state index contributed by atoms with van der Waals surface area (Å²) in [6.07, 6.45) is 1.78. The number of aromatic nitrogens is 1. The minimum atomic E-state index is -4.20. The van der Waals surface area contributed by atoms with Crippen molar-refractivity contribution in [3.63, 3.8) is 0 Å². The van der Waals surface area contributed by atoms with Crippen LogP contribution in [-0.2, 0) is 0 Å². The molecule has 0 saturated carbocycles. The van der Waals surface area contributed by atoms with Crippen molar-refractivity contribution in [2.24, 2.45) is 0 Å². The number of pyridine rings is 1. The maximum absolute atomic E-state index is 12.7. The molecule has 0 spiro atoms. The van der Waals surface area contributed by atoms with Gasteiger partial charge in [0.1, 0.15) is 5.82 Å². The summed E-state index contributed by atoms with van der Waals surface area (Å²) in [7, 11) is 0. The largest absolute Gasteiger partial charge is 0.441 e. The number of hydrogen-bond donors (Lipinski definition) is 1. The van der Waals surface area contributed by atoms with Crippen LogP contribution in [0, 0.1) is 5.82 Å². The highest BCUT2D eigenvalue weighted by Crippen LogP contribution is 2.29. The summed E-state index contributed by atoms with van der Waals surface area (Å²) >= 11 is -0.0592. The van der Waals surface area contributed by atoms with Crippen molar-refractivity contribution in [2.45, 2.75) is 24.9 Å². The Morgan fingerprint density at radius 1 is 1.39 bits per heavy atom. The second-order valence-electron chi connectivity index (χ2n) is 3.61. The molecule has 0 aliphatic heterocycles. The lowest BCUT2D eigenvalue weighted by atomic mass is 10.1. The smallest absolute Gasteiger partial charge is 0.308 e. The topological polar surface area (TPSA) is 24.9 Å². The first kappa shape index (κ1) is 15.2. The Morgan fingerprint density at radius 3 is 2.61 bits per heavy atom. The van der Waals surface area contributed by atoms with Crippen LogP contribution in [0.3, 0.4) is 0 Å². The fourth-order valence-corrected chi connectivity index (χ4v) is 1.90. The summed E-state index contributed by atoms with van der Waals surface area (Å²) in [6, 6.07) is 2.67. The van der Waals surface area contributed by atoms with Gasteiger partial charge < -0.3 is 5.32 Å². The molecule has 1 aromatic heterocycles. The predicted octanol–water partition coefficient (Wildman–Crippen LogP) is 3.51. The van der Waals surface area contributed by atoms with E-state index in [1.54, 1.807) is 0 Å². The van der Waals surface area contributed by atoms with Gasteiger partial charge in [0.05, 0.1) is 11.9 Å². The van der Waals surface area contributed by atoms with Crippen molar-refractivity contribution in [3.8, 4) is 0 Å². The van der Waals surface area contributed by atoms with E-state index in [0.29, 0.717) is 12.1 Å². The maximum atomic E-state index is 12.7. The van der Waals surface area contributed by atoms with Crippen molar-refractivity contribution in [1.29, 1.82) is 0 Å². The van der Waals surface area contributed by atoms with Crippen LogP contribution in [0.2, 0.25) is 0 Å². The third kappa shape index (κ3) is 5.68. The van der Waals surface area contributed by atoms with Crippen LogP contribution in [0.15, 0.2) is 18.3 Å². The van der Waals surface area contributed by atoms with Crippen LogP contribution >= 0.6 is 11.8 Å². The van der Waals surface area contributed by atoms with E-state index in [9.17, 15) is 17.6 Å². The molecule has 0 saturated heterocycles. The van der Waals surface area contributed by atoms with Crippen LogP contribution in [0.25, 0.3) is 0 Å². The van der Waals surface area contributed by atoms with Gasteiger partial charge in [-0.25, -0.2) is 4.39 Å². The van der Waals surface area contributed by atoms with Gasteiger partial charge in [-0.05, 0) is 30.3 Å². The Kier molecular flexibility index (Phi) is 5.87. The molecular formula is C11H14F4N2S. The van der Waals surface area contributed by atoms with Crippen molar-refractivity contribution < 1.29 is 17.6 Å². The molecule has 0 aromatic carbocycles. The average Bonchev–Trinajstić information content (AvgIpc) is 2.29. The Balaban J connectivity index is 2.40. The van der Waals surface area contributed by atoms with Gasteiger partial charge >= 0.3 is 5.51 Å². The van der Waals surface area contributed by atoms with Gasteiger partial charge in [-0.3, -0.25) is 4.98 Å². The van der Waals surface area contributed by atoms with E-state index in [2.05, 4.69) is 10.3 Å². The van der Waals surface area contributed by atoms with Gasteiger partial charge in [0, 0.05) is 18.3 Å². The summed E-state index contributed by atoms with van der Waals surface area (Å²) in [5.41, 5.74) is -3.56. The molecule has 0 fully saturated rings. The van der Waals surface area contributed by atoms with Gasteiger partial charge in [0.2, 0.25) is 0 Å². The first-order valence-corrected chi connectivity index (χ1v) is 6.46. The molecule has 0 bridgehead atoms. The molecule has 0 radical (unpaired) electrons. The quantitative estimate of drug-likeness (QED) is 0.638. The lowest BCUT2D eigenvalue weighted by Crippen LogP contribution is -2.25. The lowest BCUT2D eigenvalue weighted by molar-refractivity contribution is -0.0327. The number of alkyl halides is 3. The van der Waals surface area contributed by atoms with Crippen molar-refractivity contribution in [1.82, 2.24) is 10.3 Å². The number of nitrogens with zero attached hydrogens (tertiary/aromatic N) is 1. The summed E-state index contributed by atoms with van der Waals surface area (Å²) in [5, 5.41) is 2.97. The van der Waals surface area contributed by atoms with Gasteiger partial charge in [-0.1, -0.05) is 6.92 Å². The first-order valence-electron chi connectivity index (χ1n) is 5.48. The first-order chi connectivity index (χ1) is 8.42. The van der Waals surface area contributed by atoms with Gasteiger partial charge in [0.25, 0.3) is 0 Å². The highest BCUT2D eigenvalue weighted by Gasteiger charge is 2.27. The normalized spacial score (nSPS) is 13.6. The number of rotatable bonds is 6. The van der Waals surface area contributed by atoms with Crippen LogP contribution in [-0.4, -0.2) is 22.8 Å². The molecule has 1 atom stereocenters. The minimum absolute atomic E-state index is 0.0544. The predicted molar refractivity (Wildman–Crippen MR) is 63.7 cm³/mol. The Hall–Kier alpha value is -0.820. The molecule has 102 valence electrons. The molecule has 0 aliphatic carbocycles. The molecule has 7 heteroatoms. The summed E-state index contributed by atoms with van der Waals surface area (Å²) in [4.78, 5) is 3.91. The van der Waals surface area contributed by atoms with E-state index in [4.69, 9.17) is 0 Å². The van der Waals surface area contributed by atoms with Crippen LogP contribution in [0.5, 0.6) is 0 Å². The zero-order valence-corrected chi connectivity index (χ0v) is 10.6. The highest BCUT2D eigenvalue weighted by molar-refractivity contribution is 8.00. The second kappa shape index (κ2) is 6.94. The standard InChI is InChI=1S/C11H14F4N2S/c1-2-9(10-4-3-8(12)7-17-10)16-5-6-18-11(13,14)15/h3-4,7,9,16H,2,5-6H2,1H3. The monoisotopic (exact) mass is 282 g/mol. The third-order valence-corrected chi connectivity index (χ3v) is 3.01. The molecule has 1 aromatic rings. The number of halogens is 4. The summed E-state index contributed by atoms with van der Waals surface area (Å²) < 4.78 is 48.4. The van der Waals surface area contributed by atoms with Gasteiger partial charge in [-0.15, -0.1) is 0 Å². The zero-order valence-electron chi connectivity index (χ0n) is 9.80. The molecular weight excluding hydrogens is 268 g/mol. The lowest BCUT2D eigenvalue weighted by Gasteiger charge is -2.16. The zero-order chi connectivity index (χ0) is 13.6. The fourth-order valence-electron chi connectivity index (χ4n) is 1.45. The third-order valence-electron chi connectivity index (χ3n) is 2.27. The second-order valence-corrected chi connectivity index (χ2v) is 4.77. The molecule has 0 aliphatic rings. The fraction of sp³-hybridized carbons (Fsp3) is 0.545. The number of nitrogens with one attached hydrogen (secondary N) is 1. The van der Waals surface area contributed by atoms with E-state index in [0.717, 1.165) is 6.20 Å². The maximum Gasteiger partial charge on any atom is 0.441 e. The molecule has 1 N–H and O–H groups in total. The van der Waals surface area contributed by atoms with Crippen LogP contribution < -0.4 is 5.32 Å². The van der Waals surface area contributed by atoms with E-state index in [1.807, 2.05) is 6.92 Å². The average molecular weight is 282 g/mol. The molecule has 1 heterocycles. The minimum Gasteiger partial charge on any atom is -0.308 e. The van der Waals surface area contributed by atoms with Crippen molar-refractivity contribution >= 4 is 11.8 Å². The molecule has 0 amide bonds. The number of thioether (sulfide) groups is 1. The molecule has 1 unspecified atom stereocenters. The van der Waals surface area contributed by atoms with Gasteiger partial charge in [-0.2, -0.15) is 13.2 Å². The molecule has 1 rings (SSSR count). The summed E-state index contributed by atoms with van der Waals surface area (Å²) in [6.45, 7) is 2.11. The Bertz CT molecular complexity index is 353. The number of hydrogen-bond acceptors (Lipinski definition) is 3. The highest BCUT2D eigenvalue weighted by atomic mass is 32.2. The SMILES string of the molecule is CCC(NCCSC(F)(F)F)c1ccc(F)cn1. The Labute approximate surface area is 107 Å². The molecule has 2 nitrogen and oxygen atoms in total. The van der Waals surface area contributed by atoms with Crippen LogP contribution in [0.4, 0.5) is 17.6 Å². The van der Waals surface area contributed by atoms with E-state index >= 15 is 0 Å². The van der Waals surface area contributed by atoms with Crippen molar-refractivity contribution in [3.05, 3.63) is 29.8 Å². The molecule has 18 heavy (non-hydrogen) atoms. The van der Waals surface area contributed by atoms with E-state index in [1.165, 1.54) is 12.1 Å². The summed E-state index contributed by atoms with van der Waals surface area (Å²) in [5.74, 6) is -0.484.